The van der Waals surface area contributed by atoms with Gasteiger partial charge in [0.1, 0.15) is 6.20 Å². The van der Waals surface area contributed by atoms with E-state index in [0.29, 0.717) is 0 Å². The summed E-state index contributed by atoms with van der Waals surface area (Å²) in [4.78, 5) is 17.3. The Kier molecular flexibility index (Phi) is 2.80. The number of hydrogen-bond acceptors (Lipinski definition) is 6. The normalized spacial score (nSPS) is 10.2. The Balaban J connectivity index is 3.09. The van der Waals surface area contributed by atoms with Crippen LogP contribution in [0.15, 0.2) is 6.20 Å². The lowest BCUT2D eigenvalue weighted by Gasteiger charge is -2.08. The summed E-state index contributed by atoms with van der Waals surface area (Å²) in [7, 11) is 0. The van der Waals surface area contributed by atoms with Crippen molar-refractivity contribution in [3.63, 3.8) is 0 Å². The second kappa shape index (κ2) is 3.86. The van der Waals surface area contributed by atoms with Gasteiger partial charge in [0, 0.05) is 6.04 Å². The molecule has 0 radical (unpaired) electrons. The van der Waals surface area contributed by atoms with Crippen molar-refractivity contribution in [1.82, 2.24) is 9.97 Å². The first-order valence-electron chi connectivity index (χ1n) is 4.04. The Morgan fingerprint density at radius 2 is 2.29 bits per heavy atom. The fourth-order valence-electron chi connectivity index (χ4n) is 0.902. The summed E-state index contributed by atoms with van der Waals surface area (Å²) in [6.45, 7) is 3.70. The fourth-order valence-corrected chi connectivity index (χ4v) is 0.902. The van der Waals surface area contributed by atoms with Crippen LogP contribution >= 0.6 is 0 Å². The van der Waals surface area contributed by atoms with Gasteiger partial charge in [-0.2, -0.15) is 4.98 Å². The highest BCUT2D eigenvalue weighted by atomic mass is 16.6. The van der Waals surface area contributed by atoms with Gasteiger partial charge in [0.2, 0.25) is 11.8 Å². The second-order valence-electron chi connectivity index (χ2n) is 3.02. The van der Waals surface area contributed by atoms with E-state index in [1.807, 2.05) is 13.8 Å². The van der Waals surface area contributed by atoms with Crippen molar-refractivity contribution in [3.05, 3.63) is 16.3 Å². The molecule has 1 aromatic rings. The van der Waals surface area contributed by atoms with Crippen LogP contribution in [0.25, 0.3) is 0 Å². The smallest absolute Gasteiger partial charge is 0.329 e. The predicted molar refractivity (Wildman–Crippen MR) is 51.9 cm³/mol. The fraction of sp³-hybridized carbons (Fsp3) is 0.429. The highest BCUT2D eigenvalue weighted by molar-refractivity contribution is 5.56. The molecule has 0 amide bonds. The molecule has 0 aliphatic rings. The molecule has 14 heavy (non-hydrogen) atoms. The van der Waals surface area contributed by atoms with Gasteiger partial charge in [0.15, 0.2) is 0 Å². The summed E-state index contributed by atoms with van der Waals surface area (Å²) in [5, 5.41) is 13.4. The van der Waals surface area contributed by atoms with E-state index in [4.69, 9.17) is 5.73 Å². The van der Waals surface area contributed by atoms with Gasteiger partial charge in [-0.1, -0.05) is 0 Å². The number of hydrogen-bond donors (Lipinski definition) is 2. The zero-order valence-corrected chi connectivity index (χ0v) is 7.89. The monoisotopic (exact) mass is 197 g/mol. The molecule has 0 saturated carbocycles. The van der Waals surface area contributed by atoms with Gasteiger partial charge in [-0.25, -0.2) is 4.98 Å². The Hall–Kier alpha value is -1.92. The maximum atomic E-state index is 10.6. The van der Waals surface area contributed by atoms with E-state index in [2.05, 4.69) is 15.3 Å². The Morgan fingerprint density at radius 3 is 2.79 bits per heavy atom. The first-order valence-corrected chi connectivity index (χ1v) is 4.04. The number of nitrogens with zero attached hydrogens (tertiary/aromatic N) is 3. The zero-order valence-electron chi connectivity index (χ0n) is 7.89. The number of nitrogen functional groups attached to an aromatic ring is 1. The average molecular weight is 197 g/mol. The van der Waals surface area contributed by atoms with Gasteiger partial charge >= 0.3 is 5.69 Å². The summed E-state index contributed by atoms with van der Waals surface area (Å²) in [6, 6.07) is 0.0444. The topological polar surface area (TPSA) is 107 Å². The number of anilines is 2. The molecular weight excluding hydrogens is 186 g/mol. The van der Waals surface area contributed by atoms with E-state index in [-0.39, 0.29) is 23.5 Å². The van der Waals surface area contributed by atoms with E-state index in [9.17, 15) is 10.1 Å². The van der Waals surface area contributed by atoms with E-state index in [1.165, 1.54) is 0 Å². The number of rotatable bonds is 3. The molecule has 1 aromatic heterocycles. The molecule has 0 aliphatic carbocycles. The summed E-state index contributed by atoms with van der Waals surface area (Å²) < 4.78 is 0. The van der Waals surface area contributed by atoms with Gasteiger partial charge in [0.05, 0.1) is 4.92 Å². The average Bonchev–Trinajstić information content (AvgIpc) is 2.01. The van der Waals surface area contributed by atoms with Crippen LogP contribution in [0.3, 0.4) is 0 Å². The number of aromatic nitrogens is 2. The Bertz CT molecular complexity index is 352. The molecule has 7 heteroatoms. The van der Waals surface area contributed by atoms with E-state index >= 15 is 0 Å². The number of nitro groups is 1. The second-order valence-corrected chi connectivity index (χ2v) is 3.02. The highest BCUT2D eigenvalue weighted by Crippen LogP contribution is 2.21. The Morgan fingerprint density at radius 1 is 1.64 bits per heavy atom. The molecule has 7 nitrogen and oxygen atoms in total. The lowest BCUT2D eigenvalue weighted by atomic mass is 10.4. The van der Waals surface area contributed by atoms with Crippen molar-refractivity contribution in [2.75, 3.05) is 11.1 Å². The molecule has 3 N–H and O–H groups in total. The molecule has 0 saturated heterocycles. The van der Waals surface area contributed by atoms with Gasteiger partial charge < -0.3 is 11.1 Å². The third-order valence-electron chi connectivity index (χ3n) is 1.41. The molecule has 0 fully saturated rings. The molecule has 0 spiro atoms. The molecule has 0 bridgehead atoms. The molecule has 0 aliphatic heterocycles. The largest absolute Gasteiger partial charge is 0.368 e. The van der Waals surface area contributed by atoms with Crippen LogP contribution in [-0.4, -0.2) is 20.9 Å². The van der Waals surface area contributed by atoms with Crippen molar-refractivity contribution < 1.29 is 4.92 Å². The quantitative estimate of drug-likeness (QED) is 0.547. The van der Waals surface area contributed by atoms with E-state index in [0.717, 1.165) is 6.20 Å². The van der Waals surface area contributed by atoms with Crippen LogP contribution in [0.5, 0.6) is 0 Å². The van der Waals surface area contributed by atoms with Gasteiger partial charge in [0.25, 0.3) is 0 Å². The molecule has 0 unspecified atom stereocenters. The van der Waals surface area contributed by atoms with Crippen molar-refractivity contribution in [3.8, 4) is 0 Å². The van der Waals surface area contributed by atoms with E-state index < -0.39 is 4.92 Å². The first-order chi connectivity index (χ1) is 6.50. The molecule has 76 valence electrons. The predicted octanol–water partition coefficient (Wildman–Crippen LogP) is 0.787. The SMILES string of the molecule is CC(C)Nc1nc(N)ncc1[N+](=O)[O-]. The van der Waals surface area contributed by atoms with Crippen LogP contribution in [0, 0.1) is 10.1 Å². The maximum absolute atomic E-state index is 10.6. The maximum Gasteiger partial charge on any atom is 0.329 e. The van der Waals surface area contributed by atoms with Gasteiger partial charge in [-0.05, 0) is 13.8 Å². The standard InChI is InChI=1S/C7H11N5O2/c1-4(2)10-6-5(12(13)14)3-9-7(8)11-6/h3-4H,1-2H3,(H3,8,9,10,11). The van der Waals surface area contributed by atoms with Crippen LogP contribution < -0.4 is 11.1 Å². The Labute approximate surface area is 80.5 Å². The van der Waals surface area contributed by atoms with Gasteiger partial charge in [-0.3, -0.25) is 10.1 Å². The zero-order chi connectivity index (χ0) is 10.7. The molecular formula is C7H11N5O2. The van der Waals surface area contributed by atoms with Crippen molar-refractivity contribution >= 4 is 17.5 Å². The minimum atomic E-state index is -0.551. The molecule has 0 atom stereocenters. The minimum absolute atomic E-state index is 0.0127. The first kappa shape index (κ1) is 10.2. The molecule has 1 heterocycles. The summed E-state index contributed by atoms with van der Waals surface area (Å²) in [5.41, 5.74) is 5.15. The summed E-state index contributed by atoms with van der Waals surface area (Å²) in [5.74, 6) is 0.163. The number of nitrogens with two attached hydrogens (primary N) is 1. The summed E-state index contributed by atoms with van der Waals surface area (Å²) in [6.07, 6.45) is 1.09. The van der Waals surface area contributed by atoms with Gasteiger partial charge in [-0.15, -0.1) is 0 Å². The van der Waals surface area contributed by atoms with Crippen LogP contribution in [0.1, 0.15) is 13.8 Å². The molecule has 0 aromatic carbocycles. The minimum Gasteiger partial charge on any atom is -0.368 e. The van der Waals surface area contributed by atoms with Crippen molar-refractivity contribution in [1.29, 1.82) is 0 Å². The molecule has 1 rings (SSSR count). The summed E-state index contributed by atoms with van der Waals surface area (Å²) >= 11 is 0. The third kappa shape index (κ3) is 2.28. The van der Waals surface area contributed by atoms with Crippen LogP contribution in [0.4, 0.5) is 17.5 Å². The number of nitrogens with one attached hydrogen (secondary N) is 1. The third-order valence-corrected chi connectivity index (χ3v) is 1.41. The van der Waals surface area contributed by atoms with Crippen LogP contribution in [-0.2, 0) is 0 Å². The highest BCUT2D eigenvalue weighted by Gasteiger charge is 2.16. The van der Waals surface area contributed by atoms with E-state index in [1.54, 1.807) is 0 Å². The lowest BCUT2D eigenvalue weighted by molar-refractivity contribution is -0.384. The lowest BCUT2D eigenvalue weighted by Crippen LogP contribution is -2.14. The van der Waals surface area contributed by atoms with Crippen molar-refractivity contribution in [2.24, 2.45) is 0 Å². The van der Waals surface area contributed by atoms with Crippen LogP contribution in [0.2, 0.25) is 0 Å². The van der Waals surface area contributed by atoms with Crippen molar-refractivity contribution in [2.45, 2.75) is 19.9 Å².